The average molecular weight is 298 g/mol. The van der Waals surface area contributed by atoms with E-state index in [0.717, 1.165) is 19.3 Å². The summed E-state index contributed by atoms with van der Waals surface area (Å²) in [6.07, 6.45) is 3.30. The van der Waals surface area contributed by atoms with Crippen molar-refractivity contribution in [1.29, 1.82) is 0 Å². The number of nitrogens with one attached hydrogen (secondary N) is 1. The van der Waals surface area contributed by atoms with Gasteiger partial charge in [0.1, 0.15) is 11.6 Å². The zero-order valence-corrected chi connectivity index (χ0v) is 13.4. The molecule has 120 valence electrons. The molecule has 6 nitrogen and oxygen atoms in total. The molecule has 1 aliphatic heterocycles. The summed E-state index contributed by atoms with van der Waals surface area (Å²) in [5.41, 5.74) is -0.586. The Bertz CT molecular complexity index is 401. The fourth-order valence-electron chi connectivity index (χ4n) is 2.12. The molecule has 0 aromatic rings. The second-order valence-corrected chi connectivity index (χ2v) is 6.45. The van der Waals surface area contributed by atoms with Gasteiger partial charge in [-0.05, 0) is 40.5 Å². The van der Waals surface area contributed by atoms with Crippen molar-refractivity contribution in [3.05, 3.63) is 0 Å². The Kier molecular flexibility index (Phi) is 6.18. The first-order chi connectivity index (χ1) is 9.69. The van der Waals surface area contributed by atoms with Crippen LogP contribution in [0.5, 0.6) is 0 Å². The van der Waals surface area contributed by atoms with E-state index in [1.54, 1.807) is 32.6 Å². The molecule has 0 aliphatic carbocycles. The average Bonchev–Trinajstić information content (AvgIpc) is 2.52. The van der Waals surface area contributed by atoms with Gasteiger partial charge in [-0.2, -0.15) is 0 Å². The molecule has 1 aliphatic rings. The molecule has 6 heteroatoms. The van der Waals surface area contributed by atoms with Crippen molar-refractivity contribution in [2.24, 2.45) is 0 Å². The Balaban J connectivity index is 2.45. The fourth-order valence-corrected chi connectivity index (χ4v) is 2.12. The predicted molar refractivity (Wildman–Crippen MR) is 78.5 cm³/mol. The van der Waals surface area contributed by atoms with E-state index in [-0.39, 0.29) is 18.4 Å². The second-order valence-electron chi connectivity index (χ2n) is 6.45. The van der Waals surface area contributed by atoms with Crippen LogP contribution in [0.2, 0.25) is 0 Å². The summed E-state index contributed by atoms with van der Waals surface area (Å²) in [5.74, 6) is -0.797. The molecule has 0 saturated carbocycles. The third kappa shape index (κ3) is 6.60. The molecule has 21 heavy (non-hydrogen) atoms. The largest absolute Gasteiger partial charge is 0.458 e. The van der Waals surface area contributed by atoms with Crippen molar-refractivity contribution < 1.29 is 19.1 Å². The van der Waals surface area contributed by atoms with Crippen molar-refractivity contribution in [3.63, 3.8) is 0 Å². The van der Waals surface area contributed by atoms with Crippen LogP contribution in [-0.4, -0.2) is 47.4 Å². The lowest BCUT2D eigenvalue weighted by atomic mass is 10.2. The molecule has 2 amide bonds. The molecule has 0 radical (unpaired) electrons. The molecule has 0 bridgehead atoms. The summed E-state index contributed by atoms with van der Waals surface area (Å²) < 4.78 is 5.20. The van der Waals surface area contributed by atoms with Gasteiger partial charge in [0.05, 0.1) is 6.54 Å². The van der Waals surface area contributed by atoms with Gasteiger partial charge in [-0.3, -0.25) is 9.59 Å². The minimum absolute atomic E-state index is 0.00592. The van der Waals surface area contributed by atoms with Crippen LogP contribution in [0.3, 0.4) is 0 Å². The van der Waals surface area contributed by atoms with Gasteiger partial charge in [0.15, 0.2) is 0 Å². The molecule has 1 atom stereocenters. The molecule has 0 aromatic carbocycles. The Morgan fingerprint density at radius 3 is 2.57 bits per heavy atom. The SMILES string of the molecule is C[C@@H](NC(=O)CN1CCCCCC1=O)C(=O)OC(C)(C)C. The third-order valence-corrected chi connectivity index (χ3v) is 3.14. The highest BCUT2D eigenvalue weighted by Crippen LogP contribution is 2.11. The van der Waals surface area contributed by atoms with Crippen molar-refractivity contribution in [2.45, 2.75) is 65.0 Å². The monoisotopic (exact) mass is 298 g/mol. The molecule has 1 N–H and O–H groups in total. The first kappa shape index (κ1) is 17.5. The van der Waals surface area contributed by atoms with Crippen molar-refractivity contribution in [2.75, 3.05) is 13.1 Å². The molecule has 0 aromatic heterocycles. The summed E-state index contributed by atoms with van der Waals surface area (Å²) in [4.78, 5) is 37.1. The van der Waals surface area contributed by atoms with Gasteiger partial charge in [-0.15, -0.1) is 0 Å². The number of esters is 1. The van der Waals surface area contributed by atoms with E-state index in [4.69, 9.17) is 4.74 Å². The molecule has 1 saturated heterocycles. The number of rotatable bonds is 4. The van der Waals surface area contributed by atoms with E-state index >= 15 is 0 Å². The topological polar surface area (TPSA) is 75.7 Å². The van der Waals surface area contributed by atoms with E-state index in [2.05, 4.69) is 5.32 Å². The molecule has 1 heterocycles. The van der Waals surface area contributed by atoms with E-state index in [1.807, 2.05) is 0 Å². The number of ether oxygens (including phenoxy) is 1. The maximum absolute atomic E-state index is 11.9. The van der Waals surface area contributed by atoms with Gasteiger partial charge in [0, 0.05) is 13.0 Å². The number of carbonyl (C=O) groups is 3. The molecule has 1 fully saturated rings. The van der Waals surface area contributed by atoms with Gasteiger partial charge in [-0.25, -0.2) is 4.79 Å². The second kappa shape index (κ2) is 7.43. The third-order valence-electron chi connectivity index (χ3n) is 3.14. The number of hydrogen-bond donors (Lipinski definition) is 1. The Morgan fingerprint density at radius 2 is 1.95 bits per heavy atom. The summed E-state index contributed by atoms with van der Waals surface area (Å²) in [6.45, 7) is 7.51. The van der Waals surface area contributed by atoms with Crippen LogP contribution >= 0.6 is 0 Å². The number of hydrogen-bond acceptors (Lipinski definition) is 4. The lowest BCUT2D eigenvalue weighted by Crippen LogP contribution is -2.47. The normalized spacial score (nSPS) is 17.9. The van der Waals surface area contributed by atoms with Crippen LogP contribution < -0.4 is 5.32 Å². The van der Waals surface area contributed by atoms with Crippen LogP contribution in [0, 0.1) is 0 Å². The minimum atomic E-state index is -0.723. The molecular formula is C15H26N2O4. The zero-order valence-electron chi connectivity index (χ0n) is 13.4. The van der Waals surface area contributed by atoms with E-state index in [9.17, 15) is 14.4 Å². The summed E-state index contributed by atoms with van der Waals surface area (Å²) in [5, 5.41) is 2.58. The Labute approximate surface area is 126 Å². The van der Waals surface area contributed by atoms with E-state index < -0.39 is 17.6 Å². The summed E-state index contributed by atoms with van der Waals surface area (Å²) >= 11 is 0. The minimum Gasteiger partial charge on any atom is -0.458 e. The van der Waals surface area contributed by atoms with Gasteiger partial charge >= 0.3 is 5.97 Å². The van der Waals surface area contributed by atoms with Crippen LogP contribution in [0.25, 0.3) is 0 Å². The fraction of sp³-hybridized carbons (Fsp3) is 0.800. The van der Waals surface area contributed by atoms with Gasteiger partial charge in [0.25, 0.3) is 0 Å². The van der Waals surface area contributed by atoms with Gasteiger partial charge in [-0.1, -0.05) is 6.42 Å². The number of likely N-dealkylation sites (tertiary alicyclic amines) is 1. The first-order valence-corrected chi connectivity index (χ1v) is 7.49. The summed E-state index contributed by atoms with van der Waals surface area (Å²) in [6, 6.07) is -0.723. The maximum Gasteiger partial charge on any atom is 0.328 e. The van der Waals surface area contributed by atoms with Crippen molar-refractivity contribution in [1.82, 2.24) is 10.2 Å². The van der Waals surface area contributed by atoms with Crippen LogP contribution in [-0.2, 0) is 19.1 Å². The Hall–Kier alpha value is -1.59. The number of carbonyl (C=O) groups excluding carboxylic acids is 3. The lowest BCUT2D eigenvalue weighted by molar-refractivity contribution is -0.158. The number of amides is 2. The quantitative estimate of drug-likeness (QED) is 0.792. The zero-order chi connectivity index (χ0) is 16.0. The molecule has 1 rings (SSSR count). The lowest BCUT2D eigenvalue weighted by Gasteiger charge is -2.24. The maximum atomic E-state index is 11.9. The van der Waals surface area contributed by atoms with Crippen LogP contribution in [0.15, 0.2) is 0 Å². The van der Waals surface area contributed by atoms with Crippen molar-refractivity contribution in [3.8, 4) is 0 Å². The molecule has 0 spiro atoms. The summed E-state index contributed by atoms with van der Waals surface area (Å²) in [7, 11) is 0. The van der Waals surface area contributed by atoms with E-state index in [1.165, 1.54) is 0 Å². The van der Waals surface area contributed by atoms with E-state index in [0.29, 0.717) is 13.0 Å². The van der Waals surface area contributed by atoms with Crippen LogP contribution in [0.4, 0.5) is 0 Å². The standard InChI is InChI=1S/C15H26N2O4/c1-11(14(20)21-15(2,3)4)16-12(18)10-17-9-7-5-6-8-13(17)19/h11H,5-10H2,1-4H3,(H,16,18)/t11-/m1/s1. The smallest absolute Gasteiger partial charge is 0.328 e. The van der Waals surface area contributed by atoms with Crippen LogP contribution in [0.1, 0.15) is 53.4 Å². The number of nitrogens with zero attached hydrogens (tertiary/aromatic N) is 1. The van der Waals surface area contributed by atoms with Gasteiger partial charge in [0.2, 0.25) is 11.8 Å². The highest BCUT2D eigenvalue weighted by atomic mass is 16.6. The van der Waals surface area contributed by atoms with Crippen molar-refractivity contribution >= 4 is 17.8 Å². The molecule has 0 unspecified atom stereocenters. The first-order valence-electron chi connectivity index (χ1n) is 7.49. The molecular weight excluding hydrogens is 272 g/mol. The Morgan fingerprint density at radius 1 is 1.29 bits per heavy atom. The highest BCUT2D eigenvalue weighted by molar-refractivity contribution is 5.88. The predicted octanol–water partition coefficient (Wildman–Crippen LogP) is 1.24. The van der Waals surface area contributed by atoms with Gasteiger partial charge < -0.3 is 15.0 Å². The highest BCUT2D eigenvalue weighted by Gasteiger charge is 2.25.